The van der Waals surface area contributed by atoms with Crippen LogP contribution in [0, 0.1) is 0 Å². The van der Waals surface area contributed by atoms with Gasteiger partial charge in [-0.2, -0.15) is 0 Å². The molecule has 1 amide bonds. The van der Waals surface area contributed by atoms with E-state index in [0.717, 1.165) is 30.7 Å². The van der Waals surface area contributed by atoms with Crippen molar-refractivity contribution in [3.8, 4) is 11.5 Å². The third-order valence-electron chi connectivity index (χ3n) is 4.04. The Morgan fingerprint density at radius 3 is 2.14 bits per heavy atom. The van der Waals surface area contributed by atoms with Crippen molar-refractivity contribution in [2.45, 2.75) is 19.9 Å². The van der Waals surface area contributed by atoms with E-state index in [2.05, 4.69) is 34.7 Å². The summed E-state index contributed by atoms with van der Waals surface area (Å²) in [4.78, 5) is 17.0. The summed E-state index contributed by atoms with van der Waals surface area (Å²) in [6.45, 7) is 7.68. The minimum absolute atomic E-state index is 0.0243. The fourth-order valence-corrected chi connectivity index (χ4v) is 3.12. The zero-order valence-electron chi connectivity index (χ0n) is 13.6. The van der Waals surface area contributed by atoms with E-state index < -0.39 is 0 Å². The van der Waals surface area contributed by atoms with Gasteiger partial charge in [-0.15, -0.1) is 0 Å². The first-order chi connectivity index (χ1) is 10.5. The zero-order chi connectivity index (χ0) is 16.3. The fraction of sp³-hybridized carbons (Fsp3) is 0.562. The first kappa shape index (κ1) is 17.1. The van der Waals surface area contributed by atoms with Gasteiger partial charge < -0.3 is 14.4 Å². The lowest BCUT2D eigenvalue weighted by Gasteiger charge is -2.37. The molecule has 1 aromatic rings. The summed E-state index contributed by atoms with van der Waals surface area (Å²) in [5.74, 6) is 1.20. The molecular weight excluding hydrogens is 348 g/mol. The van der Waals surface area contributed by atoms with Crippen LogP contribution in [0.2, 0.25) is 0 Å². The van der Waals surface area contributed by atoms with Gasteiger partial charge in [-0.25, -0.2) is 0 Å². The highest BCUT2D eigenvalue weighted by atomic mass is 79.9. The highest BCUT2D eigenvalue weighted by Crippen LogP contribution is 2.34. The van der Waals surface area contributed by atoms with Gasteiger partial charge in [0.05, 0.1) is 19.8 Å². The number of hydrogen-bond donors (Lipinski definition) is 0. The van der Waals surface area contributed by atoms with Crippen LogP contribution in [-0.2, 0) is 0 Å². The Kier molecular flexibility index (Phi) is 5.69. The molecule has 0 N–H and O–H groups in total. The molecule has 22 heavy (non-hydrogen) atoms. The maximum Gasteiger partial charge on any atom is 0.255 e. The lowest BCUT2D eigenvalue weighted by atomic mass is 10.1. The SMILES string of the molecule is COc1cc(Br)c(C(=O)N2CCN(C(C)C)CC2)cc1OC. The summed E-state index contributed by atoms with van der Waals surface area (Å²) in [6, 6.07) is 4.03. The van der Waals surface area contributed by atoms with Gasteiger partial charge in [0.1, 0.15) is 0 Å². The first-order valence-electron chi connectivity index (χ1n) is 7.42. The Labute approximate surface area is 140 Å². The summed E-state index contributed by atoms with van der Waals surface area (Å²) in [6.07, 6.45) is 0. The highest BCUT2D eigenvalue weighted by molar-refractivity contribution is 9.10. The molecule has 1 aliphatic rings. The zero-order valence-corrected chi connectivity index (χ0v) is 15.1. The van der Waals surface area contributed by atoms with E-state index in [1.165, 1.54) is 0 Å². The van der Waals surface area contributed by atoms with E-state index in [-0.39, 0.29) is 5.91 Å². The number of benzene rings is 1. The minimum atomic E-state index is 0.0243. The van der Waals surface area contributed by atoms with Crippen LogP contribution >= 0.6 is 15.9 Å². The number of rotatable bonds is 4. The van der Waals surface area contributed by atoms with Crippen LogP contribution in [0.25, 0.3) is 0 Å². The number of piperazine rings is 1. The van der Waals surface area contributed by atoms with Crippen LogP contribution in [0.15, 0.2) is 16.6 Å². The molecule has 0 aliphatic carbocycles. The molecule has 1 saturated heterocycles. The standard InChI is InChI=1S/C16H23BrN2O3/c1-11(2)18-5-7-19(8-6-18)16(20)12-9-14(21-3)15(22-4)10-13(12)17/h9-11H,5-8H2,1-4H3. The van der Waals surface area contributed by atoms with Crippen LogP contribution in [0.3, 0.4) is 0 Å². The Hall–Kier alpha value is -1.27. The van der Waals surface area contributed by atoms with Gasteiger partial charge in [-0.1, -0.05) is 0 Å². The summed E-state index contributed by atoms with van der Waals surface area (Å²) < 4.78 is 11.3. The summed E-state index contributed by atoms with van der Waals surface area (Å²) in [5, 5.41) is 0. The number of hydrogen-bond acceptors (Lipinski definition) is 4. The Morgan fingerprint density at radius 1 is 1.09 bits per heavy atom. The molecule has 5 nitrogen and oxygen atoms in total. The normalized spacial score (nSPS) is 16.0. The highest BCUT2D eigenvalue weighted by Gasteiger charge is 2.25. The molecule has 122 valence electrons. The van der Waals surface area contributed by atoms with Gasteiger partial charge in [-0.05, 0) is 41.9 Å². The Morgan fingerprint density at radius 2 is 1.64 bits per heavy atom. The third-order valence-corrected chi connectivity index (χ3v) is 4.69. The number of carbonyl (C=O) groups excluding carboxylic acids is 1. The van der Waals surface area contributed by atoms with Crippen LogP contribution in [0.1, 0.15) is 24.2 Å². The molecule has 1 aromatic carbocycles. The van der Waals surface area contributed by atoms with E-state index in [0.29, 0.717) is 23.1 Å². The molecule has 1 aliphatic heterocycles. The monoisotopic (exact) mass is 370 g/mol. The van der Waals surface area contributed by atoms with Gasteiger partial charge in [0, 0.05) is 36.7 Å². The van der Waals surface area contributed by atoms with Gasteiger partial charge >= 0.3 is 0 Å². The molecule has 0 radical (unpaired) electrons. The average Bonchev–Trinajstić information content (AvgIpc) is 2.53. The van der Waals surface area contributed by atoms with Crippen LogP contribution in [-0.4, -0.2) is 62.1 Å². The molecule has 1 heterocycles. The van der Waals surface area contributed by atoms with Gasteiger partial charge in [-0.3, -0.25) is 9.69 Å². The maximum absolute atomic E-state index is 12.7. The van der Waals surface area contributed by atoms with E-state index in [1.54, 1.807) is 26.4 Å². The van der Waals surface area contributed by atoms with Crippen LogP contribution in [0.5, 0.6) is 11.5 Å². The van der Waals surface area contributed by atoms with Crippen LogP contribution in [0.4, 0.5) is 0 Å². The number of methoxy groups -OCH3 is 2. The molecular formula is C16H23BrN2O3. The van der Waals surface area contributed by atoms with Crippen molar-refractivity contribution in [1.29, 1.82) is 0 Å². The molecule has 0 atom stereocenters. The molecule has 2 rings (SSSR count). The van der Waals surface area contributed by atoms with Crippen LogP contribution < -0.4 is 9.47 Å². The van der Waals surface area contributed by atoms with E-state index in [4.69, 9.17) is 9.47 Å². The van der Waals surface area contributed by atoms with E-state index in [9.17, 15) is 4.79 Å². The molecule has 1 fully saturated rings. The second kappa shape index (κ2) is 7.33. The summed E-state index contributed by atoms with van der Waals surface area (Å²) in [5.41, 5.74) is 0.607. The van der Waals surface area contributed by atoms with Crippen molar-refractivity contribution in [2.24, 2.45) is 0 Å². The van der Waals surface area contributed by atoms with Crippen molar-refractivity contribution >= 4 is 21.8 Å². The van der Waals surface area contributed by atoms with Crippen molar-refractivity contribution in [2.75, 3.05) is 40.4 Å². The van der Waals surface area contributed by atoms with Crippen molar-refractivity contribution < 1.29 is 14.3 Å². The summed E-state index contributed by atoms with van der Waals surface area (Å²) >= 11 is 3.46. The summed E-state index contributed by atoms with van der Waals surface area (Å²) in [7, 11) is 3.15. The quantitative estimate of drug-likeness (QED) is 0.816. The number of amides is 1. The molecule has 0 saturated carbocycles. The molecule has 0 bridgehead atoms. The van der Waals surface area contributed by atoms with E-state index in [1.807, 2.05) is 4.90 Å². The number of halogens is 1. The lowest BCUT2D eigenvalue weighted by molar-refractivity contribution is 0.0594. The average molecular weight is 371 g/mol. The number of ether oxygens (including phenoxy) is 2. The Bertz CT molecular complexity index is 540. The van der Waals surface area contributed by atoms with Gasteiger partial charge in [0.2, 0.25) is 0 Å². The molecule has 6 heteroatoms. The smallest absolute Gasteiger partial charge is 0.255 e. The van der Waals surface area contributed by atoms with Crippen molar-refractivity contribution in [3.63, 3.8) is 0 Å². The largest absolute Gasteiger partial charge is 0.493 e. The first-order valence-corrected chi connectivity index (χ1v) is 8.22. The second-order valence-electron chi connectivity index (χ2n) is 5.61. The molecule has 0 aromatic heterocycles. The Balaban J connectivity index is 2.16. The minimum Gasteiger partial charge on any atom is -0.493 e. The molecule has 0 spiro atoms. The van der Waals surface area contributed by atoms with E-state index >= 15 is 0 Å². The third kappa shape index (κ3) is 3.55. The number of nitrogens with zero attached hydrogens (tertiary/aromatic N) is 2. The van der Waals surface area contributed by atoms with Crippen molar-refractivity contribution in [1.82, 2.24) is 9.80 Å². The molecule has 0 unspecified atom stereocenters. The van der Waals surface area contributed by atoms with Crippen molar-refractivity contribution in [3.05, 3.63) is 22.2 Å². The van der Waals surface area contributed by atoms with Gasteiger partial charge in [0.25, 0.3) is 5.91 Å². The second-order valence-corrected chi connectivity index (χ2v) is 6.46. The lowest BCUT2D eigenvalue weighted by Crippen LogP contribution is -2.50. The maximum atomic E-state index is 12.7. The topological polar surface area (TPSA) is 42.0 Å². The van der Waals surface area contributed by atoms with Gasteiger partial charge in [0.15, 0.2) is 11.5 Å². The predicted molar refractivity (Wildman–Crippen MR) is 89.9 cm³/mol. The number of carbonyl (C=O) groups is 1. The fourth-order valence-electron chi connectivity index (χ4n) is 2.63. The predicted octanol–water partition coefficient (Wildman–Crippen LogP) is 2.63.